The lowest BCUT2D eigenvalue weighted by Gasteiger charge is -2.22. The Kier molecular flexibility index (Phi) is 4.49. The molecular weight excluding hydrogens is 298 g/mol. The summed E-state index contributed by atoms with van der Waals surface area (Å²) in [5.74, 6) is -1.29. The van der Waals surface area contributed by atoms with Gasteiger partial charge in [0.05, 0.1) is 5.41 Å². The first-order chi connectivity index (χ1) is 10.7. The molecular formula is C16H19N3O4. The zero-order chi connectivity index (χ0) is 17.2. The predicted octanol–water partition coefficient (Wildman–Crippen LogP) is 0.597. The van der Waals surface area contributed by atoms with Crippen molar-refractivity contribution in [1.29, 1.82) is 0 Å². The number of aryl methyl sites for hydroxylation is 1. The van der Waals surface area contributed by atoms with Gasteiger partial charge in [0, 0.05) is 19.4 Å². The van der Waals surface area contributed by atoms with Crippen molar-refractivity contribution in [2.24, 2.45) is 5.73 Å². The number of benzene rings is 1. The van der Waals surface area contributed by atoms with Crippen LogP contribution in [0.15, 0.2) is 24.3 Å². The summed E-state index contributed by atoms with van der Waals surface area (Å²) in [7, 11) is 0. The number of nitrogens with zero attached hydrogens (tertiary/aromatic N) is 1. The molecule has 0 spiro atoms. The van der Waals surface area contributed by atoms with Gasteiger partial charge in [0.15, 0.2) is 0 Å². The van der Waals surface area contributed by atoms with Crippen LogP contribution in [0.1, 0.15) is 30.9 Å². The molecule has 0 radical (unpaired) electrons. The number of carbonyl (C=O) groups is 4. The van der Waals surface area contributed by atoms with E-state index in [4.69, 9.17) is 5.73 Å². The summed E-state index contributed by atoms with van der Waals surface area (Å²) in [5.41, 5.74) is 5.75. The normalized spacial score (nSPS) is 20.7. The summed E-state index contributed by atoms with van der Waals surface area (Å²) in [6, 6.07) is 6.49. The minimum Gasteiger partial charge on any atom is -0.351 e. The van der Waals surface area contributed by atoms with Crippen molar-refractivity contribution < 1.29 is 19.2 Å². The highest BCUT2D eigenvalue weighted by Gasteiger charge is 2.49. The molecule has 0 aliphatic carbocycles. The third-order valence-electron chi connectivity index (χ3n) is 4.04. The second-order valence-electron chi connectivity index (χ2n) is 5.89. The lowest BCUT2D eigenvalue weighted by atomic mass is 9.81. The number of rotatable bonds is 4. The SMILES string of the molecule is Cc1ccc([C@]2(C)CC(=O)N(CCC(=O)NC(N)=O)C2=O)cc1. The highest BCUT2D eigenvalue weighted by Crippen LogP contribution is 2.36. The van der Waals surface area contributed by atoms with Gasteiger partial charge in [-0.15, -0.1) is 0 Å². The van der Waals surface area contributed by atoms with Crippen molar-refractivity contribution >= 4 is 23.8 Å². The van der Waals surface area contributed by atoms with Gasteiger partial charge >= 0.3 is 6.03 Å². The van der Waals surface area contributed by atoms with E-state index >= 15 is 0 Å². The maximum atomic E-state index is 12.6. The van der Waals surface area contributed by atoms with Crippen LogP contribution in [0.4, 0.5) is 4.79 Å². The summed E-state index contributed by atoms with van der Waals surface area (Å²) in [6.07, 6.45) is -0.100. The summed E-state index contributed by atoms with van der Waals surface area (Å²) in [4.78, 5) is 47.9. The average molecular weight is 317 g/mol. The number of nitrogens with two attached hydrogens (primary N) is 1. The molecule has 1 aromatic carbocycles. The molecule has 7 heteroatoms. The summed E-state index contributed by atoms with van der Waals surface area (Å²) < 4.78 is 0. The number of carbonyl (C=O) groups excluding carboxylic acids is 4. The van der Waals surface area contributed by atoms with E-state index in [9.17, 15) is 19.2 Å². The molecule has 0 aromatic heterocycles. The Morgan fingerprint density at radius 2 is 1.87 bits per heavy atom. The highest BCUT2D eigenvalue weighted by molar-refractivity contribution is 6.09. The van der Waals surface area contributed by atoms with E-state index in [1.165, 1.54) is 0 Å². The molecule has 1 aromatic rings. The second kappa shape index (κ2) is 6.20. The maximum absolute atomic E-state index is 12.6. The number of likely N-dealkylation sites (tertiary alicyclic amines) is 1. The van der Waals surface area contributed by atoms with Gasteiger partial charge in [0.25, 0.3) is 0 Å². The fraction of sp³-hybridized carbons (Fsp3) is 0.375. The fourth-order valence-electron chi connectivity index (χ4n) is 2.67. The van der Waals surface area contributed by atoms with Crippen LogP contribution < -0.4 is 11.1 Å². The van der Waals surface area contributed by atoms with Crippen LogP contribution in [-0.2, 0) is 19.8 Å². The molecule has 1 aliphatic rings. The van der Waals surface area contributed by atoms with Crippen molar-refractivity contribution in [2.45, 2.75) is 32.1 Å². The molecule has 1 aliphatic heterocycles. The van der Waals surface area contributed by atoms with Crippen LogP contribution in [-0.4, -0.2) is 35.2 Å². The Hall–Kier alpha value is -2.70. The zero-order valence-electron chi connectivity index (χ0n) is 13.1. The van der Waals surface area contributed by atoms with Gasteiger partial charge in [-0.25, -0.2) is 4.79 Å². The van der Waals surface area contributed by atoms with Crippen molar-refractivity contribution in [3.8, 4) is 0 Å². The van der Waals surface area contributed by atoms with Crippen LogP contribution in [0.25, 0.3) is 0 Å². The van der Waals surface area contributed by atoms with Gasteiger partial charge in [-0.3, -0.25) is 24.6 Å². The summed E-state index contributed by atoms with van der Waals surface area (Å²) >= 11 is 0. The predicted molar refractivity (Wildman–Crippen MR) is 82.2 cm³/mol. The molecule has 23 heavy (non-hydrogen) atoms. The first kappa shape index (κ1) is 16.7. The molecule has 1 saturated heterocycles. The standard InChI is InChI=1S/C16H19N3O4/c1-10-3-5-11(6-4-10)16(2)9-13(21)19(14(16)22)8-7-12(20)18-15(17)23/h3-6H,7-9H2,1-2H3,(H3,17,18,20,23)/t16-/m0/s1. The number of urea groups is 1. The van der Waals surface area contributed by atoms with Gasteiger partial charge < -0.3 is 5.73 Å². The van der Waals surface area contributed by atoms with Crippen molar-refractivity contribution in [1.82, 2.24) is 10.2 Å². The van der Waals surface area contributed by atoms with E-state index in [2.05, 4.69) is 0 Å². The van der Waals surface area contributed by atoms with Crippen LogP contribution in [0.3, 0.4) is 0 Å². The van der Waals surface area contributed by atoms with Gasteiger partial charge in [-0.2, -0.15) is 0 Å². The lowest BCUT2D eigenvalue weighted by Crippen LogP contribution is -2.40. The van der Waals surface area contributed by atoms with Gasteiger partial charge in [0.2, 0.25) is 17.7 Å². The quantitative estimate of drug-likeness (QED) is 0.792. The number of hydrogen-bond donors (Lipinski definition) is 2. The van der Waals surface area contributed by atoms with Crippen LogP contribution in [0, 0.1) is 6.92 Å². The largest absolute Gasteiger partial charge is 0.351 e. The summed E-state index contributed by atoms with van der Waals surface area (Å²) in [6.45, 7) is 3.59. The third kappa shape index (κ3) is 3.39. The van der Waals surface area contributed by atoms with Crippen molar-refractivity contribution in [2.75, 3.05) is 6.54 Å². The first-order valence-electron chi connectivity index (χ1n) is 7.25. The van der Waals surface area contributed by atoms with E-state index < -0.39 is 17.4 Å². The van der Waals surface area contributed by atoms with Gasteiger partial charge in [-0.1, -0.05) is 29.8 Å². The topological polar surface area (TPSA) is 110 Å². The van der Waals surface area contributed by atoms with E-state index in [1.54, 1.807) is 6.92 Å². The molecule has 0 unspecified atom stereocenters. The number of hydrogen-bond acceptors (Lipinski definition) is 4. The molecule has 1 atom stereocenters. The fourth-order valence-corrected chi connectivity index (χ4v) is 2.67. The third-order valence-corrected chi connectivity index (χ3v) is 4.04. The van der Waals surface area contributed by atoms with Crippen LogP contribution in [0.2, 0.25) is 0 Å². The van der Waals surface area contributed by atoms with E-state index in [-0.39, 0.29) is 31.2 Å². The molecule has 1 fully saturated rings. The zero-order valence-corrected chi connectivity index (χ0v) is 13.1. The smallest absolute Gasteiger partial charge is 0.318 e. The Morgan fingerprint density at radius 1 is 1.26 bits per heavy atom. The average Bonchev–Trinajstić information content (AvgIpc) is 2.68. The van der Waals surface area contributed by atoms with E-state index in [0.29, 0.717) is 0 Å². The van der Waals surface area contributed by atoms with Gasteiger partial charge in [-0.05, 0) is 19.4 Å². The van der Waals surface area contributed by atoms with Gasteiger partial charge in [0.1, 0.15) is 0 Å². The molecule has 122 valence electrons. The minimum atomic E-state index is -0.960. The highest BCUT2D eigenvalue weighted by atomic mass is 16.2. The molecule has 7 nitrogen and oxygen atoms in total. The number of amides is 5. The molecule has 5 amide bonds. The monoisotopic (exact) mass is 317 g/mol. The molecule has 0 saturated carbocycles. The Bertz CT molecular complexity index is 668. The minimum absolute atomic E-state index is 0.0618. The Balaban J connectivity index is 2.11. The van der Waals surface area contributed by atoms with Crippen LogP contribution in [0.5, 0.6) is 0 Å². The number of imide groups is 2. The van der Waals surface area contributed by atoms with E-state index in [1.807, 2.05) is 36.5 Å². The molecule has 2 rings (SSSR count). The molecule has 3 N–H and O–H groups in total. The summed E-state index contributed by atoms with van der Waals surface area (Å²) in [5, 5.41) is 1.91. The maximum Gasteiger partial charge on any atom is 0.318 e. The Labute approximate surface area is 133 Å². The second-order valence-corrected chi connectivity index (χ2v) is 5.89. The first-order valence-corrected chi connectivity index (χ1v) is 7.25. The van der Waals surface area contributed by atoms with Crippen molar-refractivity contribution in [3.63, 3.8) is 0 Å². The number of nitrogens with one attached hydrogen (secondary N) is 1. The van der Waals surface area contributed by atoms with Crippen molar-refractivity contribution in [3.05, 3.63) is 35.4 Å². The number of primary amides is 1. The Morgan fingerprint density at radius 3 is 2.43 bits per heavy atom. The van der Waals surface area contributed by atoms with E-state index in [0.717, 1.165) is 16.0 Å². The lowest BCUT2D eigenvalue weighted by molar-refractivity contribution is -0.140. The van der Waals surface area contributed by atoms with Crippen LogP contribution >= 0.6 is 0 Å². The molecule has 0 bridgehead atoms. The molecule has 1 heterocycles.